The standard InChI is InChI=1S/C22H24N2O4/c1-25-18-12-16(13-19(14-18)26-2)15-28-20-5-3-4-17-6-7-21(23-22(17)20)24-8-10-27-11-9-24/h3-7,12-14H,8-11,15H2,1-2H3. The summed E-state index contributed by atoms with van der Waals surface area (Å²) in [6.45, 7) is 3.57. The van der Waals surface area contributed by atoms with Crippen molar-refractivity contribution in [2.45, 2.75) is 6.61 Å². The maximum Gasteiger partial charge on any atom is 0.146 e. The first-order chi connectivity index (χ1) is 13.8. The highest BCUT2D eigenvalue weighted by molar-refractivity contribution is 5.86. The molecule has 1 aliphatic rings. The van der Waals surface area contributed by atoms with Crippen LogP contribution in [0.25, 0.3) is 10.9 Å². The molecule has 0 amide bonds. The highest BCUT2D eigenvalue weighted by Gasteiger charge is 2.14. The van der Waals surface area contributed by atoms with Gasteiger partial charge in [0.15, 0.2) is 0 Å². The van der Waals surface area contributed by atoms with E-state index < -0.39 is 0 Å². The fourth-order valence-electron chi connectivity index (χ4n) is 3.31. The summed E-state index contributed by atoms with van der Waals surface area (Å²) < 4.78 is 22.3. The van der Waals surface area contributed by atoms with Crippen molar-refractivity contribution in [2.24, 2.45) is 0 Å². The number of hydrogen-bond donors (Lipinski definition) is 0. The molecule has 0 atom stereocenters. The van der Waals surface area contributed by atoms with E-state index in [1.54, 1.807) is 14.2 Å². The molecule has 0 bridgehead atoms. The Kier molecular flexibility index (Phi) is 5.48. The molecule has 0 spiro atoms. The van der Waals surface area contributed by atoms with Crippen molar-refractivity contribution in [1.82, 2.24) is 4.98 Å². The van der Waals surface area contributed by atoms with E-state index in [2.05, 4.69) is 17.0 Å². The Hall–Kier alpha value is -2.99. The molecule has 1 aromatic heterocycles. The van der Waals surface area contributed by atoms with E-state index in [4.69, 9.17) is 23.9 Å². The van der Waals surface area contributed by atoms with Gasteiger partial charge in [-0.2, -0.15) is 0 Å². The zero-order valence-corrected chi connectivity index (χ0v) is 16.2. The van der Waals surface area contributed by atoms with E-state index in [-0.39, 0.29) is 0 Å². The highest BCUT2D eigenvalue weighted by Crippen LogP contribution is 2.29. The number of rotatable bonds is 6. The molecule has 3 aromatic rings. The topological polar surface area (TPSA) is 53.1 Å². The molecule has 0 radical (unpaired) electrons. The van der Waals surface area contributed by atoms with Crippen LogP contribution in [0, 0.1) is 0 Å². The monoisotopic (exact) mass is 380 g/mol. The Morgan fingerprint density at radius 3 is 2.43 bits per heavy atom. The molecule has 28 heavy (non-hydrogen) atoms. The number of methoxy groups -OCH3 is 2. The molecule has 4 rings (SSSR count). The third-order valence-electron chi connectivity index (χ3n) is 4.81. The molecule has 6 nitrogen and oxygen atoms in total. The van der Waals surface area contributed by atoms with Crippen molar-refractivity contribution in [3.05, 3.63) is 54.1 Å². The number of aromatic nitrogens is 1. The van der Waals surface area contributed by atoms with Gasteiger partial charge in [0.1, 0.15) is 35.2 Å². The predicted molar refractivity (Wildman–Crippen MR) is 109 cm³/mol. The lowest BCUT2D eigenvalue weighted by atomic mass is 10.2. The lowest BCUT2D eigenvalue weighted by Gasteiger charge is -2.28. The second kappa shape index (κ2) is 8.35. The number of anilines is 1. The average molecular weight is 380 g/mol. The smallest absolute Gasteiger partial charge is 0.146 e. The van der Waals surface area contributed by atoms with Gasteiger partial charge >= 0.3 is 0 Å². The lowest BCUT2D eigenvalue weighted by molar-refractivity contribution is 0.122. The quantitative estimate of drug-likeness (QED) is 0.650. The number of nitrogens with zero attached hydrogens (tertiary/aromatic N) is 2. The molecule has 1 aliphatic heterocycles. The Labute approximate surface area is 164 Å². The summed E-state index contributed by atoms with van der Waals surface area (Å²) in [5.41, 5.74) is 1.83. The second-order valence-corrected chi connectivity index (χ2v) is 6.61. The Morgan fingerprint density at radius 2 is 1.71 bits per heavy atom. The summed E-state index contributed by atoms with van der Waals surface area (Å²) in [5.74, 6) is 3.19. The molecule has 146 valence electrons. The zero-order chi connectivity index (χ0) is 19.3. The van der Waals surface area contributed by atoms with Gasteiger partial charge in [0.2, 0.25) is 0 Å². The van der Waals surface area contributed by atoms with Gasteiger partial charge in [0.25, 0.3) is 0 Å². The molecule has 0 saturated carbocycles. The van der Waals surface area contributed by atoms with Crippen LogP contribution < -0.4 is 19.1 Å². The van der Waals surface area contributed by atoms with Gasteiger partial charge in [-0.25, -0.2) is 4.98 Å². The number of ether oxygens (including phenoxy) is 4. The first-order valence-electron chi connectivity index (χ1n) is 9.34. The van der Waals surface area contributed by atoms with Crippen LogP contribution in [0.1, 0.15) is 5.56 Å². The zero-order valence-electron chi connectivity index (χ0n) is 16.2. The molecule has 0 N–H and O–H groups in total. The minimum Gasteiger partial charge on any atom is -0.497 e. The van der Waals surface area contributed by atoms with Gasteiger partial charge in [-0.1, -0.05) is 12.1 Å². The molecule has 2 aromatic carbocycles. The van der Waals surface area contributed by atoms with Crippen LogP contribution >= 0.6 is 0 Å². The number of para-hydroxylation sites is 1. The van der Waals surface area contributed by atoms with Gasteiger partial charge in [-0.3, -0.25) is 0 Å². The van der Waals surface area contributed by atoms with Crippen LogP contribution in [0.3, 0.4) is 0 Å². The van der Waals surface area contributed by atoms with E-state index >= 15 is 0 Å². The van der Waals surface area contributed by atoms with Crippen LogP contribution in [0.2, 0.25) is 0 Å². The first-order valence-corrected chi connectivity index (χ1v) is 9.34. The maximum atomic E-state index is 6.13. The normalized spacial score (nSPS) is 14.1. The molecule has 1 saturated heterocycles. The van der Waals surface area contributed by atoms with Crippen LogP contribution in [-0.2, 0) is 11.3 Å². The second-order valence-electron chi connectivity index (χ2n) is 6.61. The van der Waals surface area contributed by atoms with Crippen LogP contribution in [-0.4, -0.2) is 45.5 Å². The van der Waals surface area contributed by atoms with Crippen molar-refractivity contribution >= 4 is 16.7 Å². The summed E-state index contributed by atoms with van der Waals surface area (Å²) >= 11 is 0. The molecule has 0 aliphatic carbocycles. The van der Waals surface area contributed by atoms with Gasteiger partial charge in [0, 0.05) is 24.5 Å². The number of pyridine rings is 1. The van der Waals surface area contributed by atoms with E-state index in [1.807, 2.05) is 36.4 Å². The van der Waals surface area contributed by atoms with Crippen LogP contribution in [0.15, 0.2) is 48.5 Å². The van der Waals surface area contributed by atoms with Crippen molar-refractivity contribution in [3.8, 4) is 17.2 Å². The summed E-state index contributed by atoms with van der Waals surface area (Å²) in [5, 5.41) is 1.05. The Morgan fingerprint density at radius 1 is 0.964 bits per heavy atom. The summed E-state index contributed by atoms with van der Waals surface area (Å²) in [6, 6.07) is 15.9. The van der Waals surface area contributed by atoms with Crippen molar-refractivity contribution in [2.75, 3.05) is 45.4 Å². The number of benzene rings is 2. The van der Waals surface area contributed by atoms with Crippen LogP contribution in [0.4, 0.5) is 5.82 Å². The Balaban J connectivity index is 1.59. The molecule has 1 fully saturated rings. The van der Waals surface area contributed by atoms with E-state index in [1.165, 1.54) is 0 Å². The average Bonchev–Trinajstić information content (AvgIpc) is 2.77. The number of morpholine rings is 1. The van der Waals surface area contributed by atoms with E-state index in [0.29, 0.717) is 6.61 Å². The van der Waals surface area contributed by atoms with Gasteiger partial charge in [-0.15, -0.1) is 0 Å². The first kappa shape index (κ1) is 18.4. The summed E-state index contributed by atoms with van der Waals surface area (Å²) in [6.07, 6.45) is 0. The largest absolute Gasteiger partial charge is 0.497 e. The minimum atomic E-state index is 0.399. The maximum absolute atomic E-state index is 6.13. The molecular weight excluding hydrogens is 356 g/mol. The molecular formula is C22H24N2O4. The number of hydrogen-bond acceptors (Lipinski definition) is 6. The fraction of sp³-hybridized carbons (Fsp3) is 0.318. The number of fused-ring (bicyclic) bond motifs is 1. The highest BCUT2D eigenvalue weighted by atomic mass is 16.5. The van der Waals surface area contributed by atoms with Crippen molar-refractivity contribution in [1.29, 1.82) is 0 Å². The molecule has 6 heteroatoms. The van der Waals surface area contributed by atoms with Gasteiger partial charge in [0.05, 0.1) is 27.4 Å². The van der Waals surface area contributed by atoms with Gasteiger partial charge in [-0.05, 0) is 35.9 Å². The minimum absolute atomic E-state index is 0.399. The van der Waals surface area contributed by atoms with Crippen molar-refractivity contribution < 1.29 is 18.9 Å². The van der Waals surface area contributed by atoms with E-state index in [0.717, 1.165) is 65.8 Å². The fourth-order valence-corrected chi connectivity index (χ4v) is 3.31. The molecule has 0 unspecified atom stereocenters. The predicted octanol–water partition coefficient (Wildman–Crippen LogP) is 3.67. The van der Waals surface area contributed by atoms with Gasteiger partial charge < -0.3 is 23.8 Å². The molecule has 2 heterocycles. The van der Waals surface area contributed by atoms with Crippen LogP contribution in [0.5, 0.6) is 17.2 Å². The lowest BCUT2D eigenvalue weighted by Crippen LogP contribution is -2.36. The Bertz CT molecular complexity index is 932. The third kappa shape index (κ3) is 3.97. The summed E-state index contributed by atoms with van der Waals surface area (Å²) in [7, 11) is 3.28. The van der Waals surface area contributed by atoms with E-state index in [9.17, 15) is 0 Å². The van der Waals surface area contributed by atoms with Crippen molar-refractivity contribution in [3.63, 3.8) is 0 Å². The summed E-state index contributed by atoms with van der Waals surface area (Å²) in [4.78, 5) is 7.12. The third-order valence-corrected chi connectivity index (χ3v) is 4.81. The SMILES string of the molecule is COc1cc(COc2cccc3ccc(N4CCOCC4)nc23)cc(OC)c1.